The SMILES string of the molecule is CC(Cn1ccnc1)NC(=O)c1cc(Br)cc(Br)c1. The van der Waals surface area contributed by atoms with Gasteiger partial charge >= 0.3 is 0 Å². The lowest BCUT2D eigenvalue weighted by atomic mass is 10.2. The minimum atomic E-state index is -0.0883. The predicted molar refractivity (Wildman–Crippen MR) is 81.0 cm³/mol. The molecule has 1 heterocycles. The molecule has 0 radical (unpaired) electrons. The van der Waals surface area contributed by atoms with Gasteiger partial charge in [-0.1, -0.05) is 31.9 Å². The molecule has 1 aromatic carbocycles. The molecule has 0 aliphatic rings. The fourth-order valence-electron chi connectivity index (χ4n) is 1.75. The van der Waals surface area contributed by atoms with E-state index in [2.05, 4.69) is 42.2 Å². The summed E-state index contributed by atoms with van der Waals surface area (Å²) < 4.78 is 3.67. The summed E-state index contributed by atoms with van der Waals surface area (Å²) >= 11 is 6.75. The predicted octanol–water partition coefficient (Wildman–Crippen LogP) is 3.23. The maximum Gasteiger partial charge on any atom is 0.251 e. The first-order valence-electron chi connectivity index (χ1n) is 5.77. The van der Waals surface area contributed by atoms with Gasteiger partial charge in [0.1, 0.15) is 0 Å². The number of halogens is 2. The van der Waals surface area contributed by atoms with Crippen molar-refractivity contribution in [2.75, 3.05) is 0 Å². The van der Waals surface area contributed by atoms with E-state index in [1.165, 1.54) is 0 Å². The van der Waals surface area contributed by atoms with Crippen molar-refractivity contribution in [2.45, 2.75) is 19.5 Å². The summed E-state index contributed by atoms with van der Waals surface area (Å²) in [6, 6.07) is 5.51. The van der Waals surface area contributed by atoms with Crippen molar-refractivity contribution in [1.82, 2.24) is 14.9 Å². The summed E-state index contributed by atoms with van der Waals surface area (Å²) in [7, 11) is 0. The smallest absolute Gasteiger partial charge is 0.251 e. The Labute approximate surface area is 128 Å². The highest BCUT2D eigenvalue weighted by Gasteiger charge is 2.11. The van der Waals surface area contributed by atoms with Crippen LogP contribution in [0.25, 0.3) is 0 Å². The summed E-state index contributed by atoms with van der Waals surface area (Å²) in [6.07, 6.45) is 5.33. The van der Waals surface area contributed by atoms with E-state index in [1.807, 2.05) is 23.8 Å². The summed E-state index contributed by atoms with van der Waals surface area (Å²) in [5.74, 6) is -0.0883. The highest BCUT2D eigenvalue weighted by molar-refractivity contribution is 9.11. The maximum absolute atomic E-state index is 12.1. The monoisotopic (exact) mass is 385 g/mol. The topological polar surface area (TPSA) is 46.9 Å². The number of imidazole rings is 1. The second-order valence-electron chi connectivity index (χ2n) is 4.29. The quantitative estimate of drug-likeness (QED) is 0.876. The molecule has 100 valence electrons. The molecule has 0 aliphatic heterocycles. The summed E-state index contributed by atoms with van der Waals surface area (Å²) in [5.41, 5.74) is 0.624. The van der Waals surface area contributed by atoms with E-state index in [-0.39, 0.29) is 11.9 Å². The van der Waals surface area contributed by atoms with E-state index in [1.54, 1.807) is 24.7 Å². The normalized spacial score (nSPS) is 12.2. The van der Waals surface area contributed by atoms with Gasteiger partial charge < -0.3 is 9.88 Å². The molecule has 1 N–H and O–H groups in total. The number of nitrogens with zero attached hydrogens (tertiary/aromatic N) is 2. The molecule has 1 aromatic heterocycles. The molecule has 4 nitrogen and oxygen atoms in total. The van der Waals surface area contributed by atoms with Gasteiger partial charge in [0.15, 0.2) is 0 Å². The van der Waals surface area contributed by atoms with Crippen LogP contribution in [0.15, 0.2) is 45.9 Å². The Hall–Kier alpha value is -1.14. The van der Waals surface area contributed by atoms with Crippen molar-refractivity contribution in [3.63, 3.8) is 0 Å². The first-order chi connectivity index (χ1) is 9.04. The lowest BCUT2D eigenvalue weighted by Crippen LogP contribution is -2.35. The number of amides is 1. The third-order valence-corrected chi connectivity index (χ3v) is 3.46. The number of hydrogen-bond donors (Lipinski definition) is 1. The zero-order valence-corrected chi connectivity index (χ0v) is 13.5. The largest absolute Gasteiger partial charge is 0.348 e. The van der Waals surface area contributed by atoms with Crippen LogP contribution in [0.4, 0.5) is 0 Å². The number of rotatable bonds is 4. The van der Waals surface area contributed by atoms with Gasteiger partial charge in [-0.25, -0.2) is 4.98 Å². The maximum atomic E-state index is 12.1. The molecule has 0 bridgehead atoms. The van der Waals surface area contributed by atoms with Crippen molar-refractivity contribution >= 4 is 37.8 Å². The molecular weight excluding hydrogens is 374 g/mol. The van der Waals surface area contributed by atoms with Crippen LogP contribution in [-0.4, -0.2) is 21.5 Å². The third kappa shape index (κ3) is 4.18. The average Bonchev–Trinajstić information content (AvgIpc) is 2.80. The van der Waals surface area contributed by atoms with E-state index < -0.39 is 0 Å². The number of carbonyl (C=O) groups is 1. The average molecular weight is 387 g/mol. The summed E-state index contributed by atoms with van der Waals surface area (Å²) in [4.78, 5) is 16.1. The van der Waals surface area contributed by atoms with Crippen molar-refractivity contribution < 1.29 is 4.79 Å². The zero-order valence-electron chi connectivity index (χ0n) is 10.3. The Kier molecular flexibility index (Phi) is 4.76. The summed E-state index contributed by atoms with van der Waals surface area (Å²) in [6.45, 7) is 2.66. The van der Waals surface area contributed by atoms with Crippen LogP contribution in [0.3, 0.4) is 0 Å². The van der Waals surface area contributed by atoms with Crippen LogP contribution in [0.5, 0.6) is 0 Å². The molecule has 0 saturated carbocycles. The molecule has 1 unspecified atom stereocenters. The van der Waals surface area contributed by atoms with E-state index in [0.717, 1.165) is 8.95 Å². The summed E-state index contributed by atoms with van der Waals surface area (Å²) in [5, 5.41) is 2.96. The Morgan fingerprint density at radius 2 is 2.05 bits per heavy atom. The van der Waals surface area contributed by atoms with Crippen molar-refractivity contribution in [3.05, 3.63) is 51.4 Å². The van der Waals surface area contributed by atoms with Gasteiger partial charge in [0.05, 0.1) is 6.33 Å². The Balaban J connectivity index is 2.00. The standard InChI is InChI=1S/C13H13Br2N3O/c1-9(7-18-3-2-16-8-18)17-13(19)10-4-11(14)6-12(15)5-10/h2-6,8-9H,7H2,1H3,(H,17,19). The molecule has 0 spiro atoms. The molecule has 0 aliphatic carbocycles. The van der Waals surface area contributed by atoms with Crippen LogP contribution >= 0.6 is 31.9 Å². The first kappa shape index (κ1) is 14.3. The van der Waals surface area contributed by atoms with Crippen LogP contribution in [-0.2, 0) is 6.54 Å². The third-order valence-electron chi connectivity index (χ3n) is 2.55. The number of aromatic nitrogens is 2. The second kappa shape index (κ2) is 6.34. The van der Waals surface area contributed by atoms with E-state index in [0.29, 0.717) is 12.1 Å². The van der Waals surface area contributed by atoms with Crippen molar-refractivity contribution in [1.29, 1.82) is 0 Å². The van der Waals surface area contributed by atoms with Gasteiger partial charge in [-0.05, 0) is 25.1 Å². The van der Waals surface area contributed by atoms with Crippen molar-refractivity contribution in [2.24, 2.45) is 0 Å². The molecule has 2 rings (SSSR count). The Bertz CT molecular complexity index is 549. The molecule has 0 saturated heterocycles. The fraction of sp³-hybridized carbons (Fsp3) is 0.231. The number of carbonyl (C=O) groups excluding carboxylic acids is 1. The zero-order chi connectivity index (χ0) is 13.8. The number of hydrogen-bond acceptors (Lipinski definition) is 2. The van der Waals surface area contributed by atoms with E-state index >= 15 is 0 Å². The Morgan fingerprint density at radius 3 is 2.63 bits per heavy atom. The van der Waals surface area contributed by atoms with Gasteiger partial charge in [-0.2, -0.15) is 0 Å². The molecule has 2 aromatic rings. The molecule has 19 heavy (non-hydrogen) atoms. The molecular formula is C13H13Br2N3O. The van der Waals surface area contributed by atoms with E-state index in [4.69, 9.17) is 0 Å². The minimum Gasteiger partial charge on any atom is -0.348 e. The van der Waals surface area contributed by atoms with Crippen LogP contribution in [0.1, 0.15) is 17.3 Å². The minimum absolute atomic E-state index is 0.0273. The van der Waals surface area contributed by atoms with Gasteiger partial charge in [-0.15, -0.1) is 0 Å². The van der Waals surface area contributed by atoms with Crippen LogP contribution < -0.4 is 5.32 Å². The number of nitrogens with one attached hydrogen (secondary N) is 1. The highest BCUT2D eigenvalue weighted by atomic mass is 79.9. The van der Waals surface area contributed by atoms with E-state index in [9.17, 15) is 4.79 Å². The van der Waals surface area contributed by atoms with Crippen LogP contribution in [0.2, 0.25) is 0 Å². The van der Waals surface area contributed by atoms with Gasteiger partial charge in [-0.3, -0.25) is 4.79 Å². The lowest BCUT2D eigenvalue weighted by molar-refractivity contribution is 0.0936. The van der Waals surface area contributed by atoms with Gasteiger partial charge in [0, 0.05) is 39.5 Å². The highest BCUT2D eigenvalue weighted by Crippen LogP contribution is 2.20. The van der Waals surface area contributed by atoms with Crippen molar-refractivity contribution in [3.8, 4) is 0 Å². The molecule has 1 atom stereocenters. The van der Waals surface area contributed by atoms with Gasteiger partial charge in [0.2, 0.25) is 0 Å². The van der Waals surface area contributed by atoms with Crippen LogP contribution in [0, 0.1) is 0 Å². The molecule has 6 heteroatoms. The van der Waals surface area contributed by atoms with Gasteiger partial charge in [0.25, 0.3) is 5.91 Å². The second-order valence-corrected chi connectivity index (χ2v) is 6.12. The lowest BCUT2D eigenvalue weighted by Gasteiger charge is -2.14. The fourth-order valence-corrected chi connectivity index (χ4v) is 3.04. The Morgan fingerprint density at radius 1 is 1.37 bits per heavy atom. The first-order valence-corrected chi connectivity index (χ1v) is 7.36. The molecule has 0 fully saturated rings. The molecule has 1 amide bonds. The number of benzene rings is 1.